The average molecular weight is 238 g/mol. The predicted molar refractivity (Wildman–Crippen MR) is 64.6 cm³/mol. The predicted octanol–water partition coefficient (Wildman–Crippen LogP) is 0.670. The van der Waals surface area contributed by atoms with Gasteiger partial charge in [-0.05, 0) is 37.5 Å². The third-order valence-electron chi connectivity index (χ3n) is 4.39. The van der Waals surface area contributed by atoms with E-state index in [4.69, 9.17) is 4.74 Å². The second-order valence-corrected chi connectivity index (χ2v) is 5.61. The minimum atomic E-state index is 0.221. The Morgan fingerprint density at radius 3 is 2.82 bits per heavy atom. The van der Waals surface area contributed by atoms with Crippen molar-refractivity contribution in [2.75, 3.05) is 19.7 Å². The summed E-state index contributed by atoms with van der Waals surface area (Å²) in [4.78, 5) is 11.8. The lowest BCUT2D eigenvalue weighted by atomic mass is 10.0. The van der Waals surface area contributed by atoms with E-state index in [-0.39, 0.29) is 5.91 Å². The summed E-state index contributed by atoms with van der Waals surface area (Å²) in [7, 11) is 0. The zero-order chi connectivity index (χ0) is 11.7. The molecule has 0 spiro atoms. The first-order valence-corrected chi connectivity index (χ1v) is 6.96. The number of hydrogen-bond donors (Lipinski definition) is 2. The van der Waals surface area contributed by atoms with E-state index < -0.39 is 0 Å². The van der Waals surface area contributed by atoms with Crippen LogP contribution in [0.25, 0.3) is 0 Å². The monoisotopic (exact) mass is 238 g/mol. The number of piperidine rings is 1. The molecule has 3 fully saturated rings. The summed E-state index contributed by atoms with van der Waals surface area (Å²) in [6, 6.07) is 0.469. The number of carbonyl (C=O) groups is 1. The van der Waals surface area contributed by atoms with Gasteiger partial charge in [-0.1, -0.05) is 0 Å². The fraction of sp³-hybridized carbons (Fsp3) is 0.923. The first kappa shape index (κ1) is 11.5. The van der Waals surface area contributed by atoms with Crippen LogP contribution in [0, 0.1) is 11.8 Å². The zero-order valence-corrected chi connectivity index (χ0v) is 10.3. The van der Waals surface area contributed by atoms with E-state index in [9.17, 15) is 4.79 Å². The summed E-state index contributed by atoms with van der Waals surface area (Å²) in [6.45, 7) is 3.05. The number of hydrogen-bond acceptors (Lipinski definition) is 3. The van der Waals surface area contributed by atoms with Crippen molar-refractivity contribution in [1.29, 1.82) is 0 Å². The largest absolute Gasteiger partial charge is 0.378 e. The normalized spacial score (nSPS) is 39.8. The molecule has 3 atom stereocenters. The molecule has 3 aliphatic rings. The summed E-state index contributed by atoms with van der Waals surface area (Å²) in [6.07, 6.45) is 5.42. The molecule has 3 unspecified atom stereocenters. The SMILES string of the molecule is O=C(CCC1CCCCO1)NC1C2CNCC21. The molecule has 1 saturated carbocycles. The molecule has 2 saturated heterocycles. The lowest BCUT2D eigenvalue weighted by molar-refractivity contribution is -0.122. The van der Waals surface area contributed by atoms with E-state index in [1.165, 1.54) is 12.8 Å². The first-order valence-electron chi connectivity index (χ1n) is 6.96. The van der Waals surface area contributed by atoms with Crippen LogP contribution in [0.15, 0.2) is 0 Å². The van der Waals surface area contributed by atoms with Crippen molar-refractivity contribution >= 4 is 5.91 Å². The molecule has 4 nitrogen and oxygen atoms in total. The number of ether oxygens (including phenoxy) is 1. The number of carbonyl (C=O) groups excluding carboxylic acids is 1. The van der Waals surface area contributed by atoms with Gasteiger partial charge in [0.25, 0.3) is 0 Å². The highest BCUT2D eigenvalue weighted by Crippen LogP contribution is 2.41. The highest BCUT2D eigenvalue weighted by atomic mass is 16.5. The number of fused-ring (bicyclic) bond motifs is 1. The fourth-order valence-corrected chi connectivity index (χ4v) is 3.22. The molecular formula is C13H22N2O2. The highest BCUT2D eigenvalue weighted by Gasteiger charge is 2.53. The second kappa shape index (κ2) is 4.94. The molecule has 4 heteroatoms. The van der Waals surface area contributed by atoms with Gasteiger partial charge in [-0.15, -0.1) is 0 Å². The zero-order valence-electron chi connectivity index (χ0n) is 10.3. The second-order valence-electron chi connectivity index (χ2n) is 5.61. The molecule has 96 valence electrons. The van der Waals surface area contributed by atoms with Crippen molar-refractivity contribution in [2.45, 2.75) is 44.2 Å². The van der Waals surface area contributed by atoms with E-state index in [0.29, 0.717) is 30.4 Å². The van der Waals surface area contributed by atoms with Crippen LogP contribution in [0.4, 0.5) is 0 Å². The van der Waals surface area contributed by atoms with E-state index in [0.717, 1.165) is 32.5 Å². The van der Waals surface area contributed by atoms with Crippen molar-refractivity contribution in [1.82, 2.24) is 10.6 Å². The summed E-state index contributed by atoms with van der Waals surface area (Å²) in [5.41, 5.74) is 0. The number of amides is 1. The molecule has 0 bridgehead atoms. The average Bonchev–Trinajstić information content (AvgIpc) is 2.79. The molecule has 0 aromatic rings. The van der Waals surface area contributed by atoms with Crippen molar-refractivity contribution in [2.24, 2.45) is 11.8 Å². The van der Waals surface area contributed by atoms with Crippen LogP contribution >= 0.6 is 0 Å². The lowest BCUT2D eigenvalue weighted by Crippen LogP contribution is -2.33. The lowest BCUT2D eigenvalue weighted by Gasteiger charge is -2.22. The topological polar surface area (TPSA) is 50.4 Å². The number of nitrogens with one attached hydrogen (secondary N) is 2. The quantitative estimate of drug-likeness (QED) is 0.757. The van der Waals surface area contributed by atoms with Crippen molar-refractivity contribution in [3.63, 3.8) is 0 Å². The van der Waals surface area contributed by atoms with Crippen LogP contribution < -0.4 is 10.6 Å². The third kappa shape index (κ3) is 2.63. The van der Waals surface area contributed by atoms with E-state index in [1.807, 2.05) is 0 Å². The molecule has 0 aromatic heterocycles. The van der Waals surface area contributed by atoms with E-state index in [1.54, 1.807) is 0 Å². The Kier molecular flexibility index (Phi) is 3.34. The maximum absolute atomic E-state index is 11.8. The Hall–Kier alpha value is -0.610. The molecule has 0 aromatic carbocycles. The van der Waals surface area contributed by atoms with Gasteiger partial charge in [0, 0.05) is 32.2 Å². The summed E-state index contributed by atoms with van der Waals surface area (Å²) in [5, 5.41) is 6.50. The minimum Gasteiger partial charge on any atom is -0.378 e. The van der Waals surface area contributed by atoms with Gasteiger partial charge in [0.05, 0.1) is 6.10 Å². The Morgan fingerprint density at radius 2 is 2.12 bits per heavy atom. The first-order chi connectivity index (χ1) is 8.34. The minimum absolute atomic E-state index is 0.221. The molecular weight excluding hydrogens is 216 g/mol. The van der Waals surface area contributed by atoms with Gasteiger partial charge < -0.3 is 15.4 Å². The van der Waals surface area contributed by atoms with E-state index >= 15 is 0 Å². The van der Waals surface area contributed by atoms with Gasteiger partial charge in [0.1, 0.15) is 0 Å². The fourth-order valence-electron chi connectivity index (χ4n) is 3.22. The van der Waals surface area contributed by atoms with Crippen LogP contribution in [0.3, 0.4) is 0 Å². The third-order valence-corrected chi connectivity index (χ3v) is 4.39. The molecule has 0 radical (unpaired) electrons. The van der Waals surface area contributed by atoms with Crippen LogP contribution in [0.2, 0.25) is 0 Å². The molecule has 2 heterocycles. The van der Waals surface area contributed by atoms with Gasteiger partial charge in [-0.25, -0.2) is 0 Å². The van der Waals surface area contributed by atoms with Gasteiger partial charge in [-0.3, -0.25) is 4.79 Å². The number of rotatable bonds is 4. The van der Waals surface area contributed by atoms with Crippen LogP contribution in [0.1, 0.15) is 32.1 Å². The Balaban J connectivity index is 1.33. The molecule has 17 heavy (non-hydrogen) atoms. The molecule has 1 aliphatic carbocycles. The Morgan fingerprint density at radius 1 is 1.29 bits per heavy atom. The van der Waals surface area contributed by atoms with E-state index in [2.05, 4.69) is 10.6 Å². The van der Waals surface area contributed by atoms with Crippen molar-refractivity contribution in [3.8, 4) is 0 Å². The smallest absolute Gasteiger partial charge is 0.220 e. The Labute approximate surface area is 102 Å². The van der Waals surface area contributed by atoms with Crippen LogP contribution in [-0.4, -0.2) is 37.7 Å². The standard InChI is InChI=1S/C13H22N2O2/c16-12(5-4-9-3-1-2-6-17-9)15-13-10-7-14-8-11(10)13/h9-11,13-14H,1-8H2,(H,15,16). The molecule has 1 amide bonds. The van der Waals surface area contributed by atoms with Crippen LogP contribution in [0.5, 0.6) is 0 Å². The molecule has 3 rings (SSSR count). The van der Waals surface area contributed by atoms with Gasteiger partial charge in [0.2, 0.25) is 5.91 Å². The van der Waals surface area contributed by atoms with Crippen molar-refractivity contribution < 1.29 is 9.53 Å². The summed E-state index contributed by atoms with van der Waals surface area (Å²) >= 11 is 0. The Bertz CT molecular complexity index is 279. The van der Waals surface area contributed by atoms with Gasteiger partial charge in [-0.2, -0.15) is 0 Å². The van der Waals surface area contributed by atoms with Gasteiger partial charge in [0.15, 0.2) is 0 Å². The molecule has 2 N–H and O–H groups in total. The molecule has 2 aliphatic heterocycles. The maximum Gasteiger partial charge on any atom is 0.220 e. The van der Waals surface area contributed by atoms with Crippen molar-refractivity contribution in [3.05, 3.63) is 0 Å². The highest BCUT2D eigenvalue weighted by molar-refractivity contribution is 5.76. The summed E-state index contributed by atoms with van der Waals surface area (Å²) < 4.78 is 5.63. The summed E-state index contributed by atoms with van der Waals surface area (Å²) in [5.74, 6) is 1.65. The maximum atomic E-state index is 11.8. The van der Waals surface area contributed by atoms with Gasteiger partial charge >= 0.3 is 0 Å². The van der Waals surface area contributed by atoms with Crippen LogP contribution in [-0.2, 0) is 9.53 Å².